The Labute approximate surface area is 179 Å². The molecule has 1 unspecified atom stereocenters. The molecule has 0 bridgehead atoms. The predicted molar refractivity (Wildman–Crippen MR) is 106 cm³/mol. The molecule has 6 nitrogen and oxygen atoms in total. The van der Waals surface area contributed by atoms with Gasteiger partial charge in [-0.15, -0.1) is 0 Å². The molecule has 1 aliphatic heterocycles. The number of ether oxygens (including phenoxy) is 2. The molecular weight excluding hydrogens is 481 g/mol. The fourth-order valence-corrected chi connectivity index (χ4v) is 3.96. The quantitative estimate of drug-likeness (QED) is 0.605. The molecule has 1 aliphatic rings. The molecule has 0 radical (unpaired) electrons. The van der Waals surface area contributed by atoms with Gasteiger partial charge < -0.3 is 14.8 Å². The number of alkyl halides is 3. The van der Waals surface area contributed by atoms with Crippen LogP contribution in [0.1, 0.15) is 38.0 Å². The van der Waals surface area contributed by atoms with Crippen molar-refractivity contribution in [1.29, 1.82) is 0 Å². The van der Waals surface area contributed by atoms with E-state index in [1.165, 1.54) is 7.11 Å². The van der Waals surface area contributed by atoms with Crippen LogP contribution in [-0.2, 0) is 19.1 Å². The average Bonchev–Trinajstić information content (AvgIpc) is 2.61. The second kappa shape index (κ2) is 8.31. The zero-order valence-electron chi connectivity index (χ0n) is 16.5. The van der Waals surface area contributed by atoms with Crippen LogP contribution in [0.2, 0.25) is 5.02 Å². The van der Waals surface area contributed by atoms with Crippen molar-refractivity contribution in [2.75, 3.05) is 30.4 Å². The van der Waals surface area contributed by atoms with E-state index in [0.29, 0.717) is 14.9 Å². The maximum atomic E-state index is 13.1. The van der Waals surface area contributed by atoms with Gasteiger partial charge in [0.1, 0.15) is 0 Å². The van der Waals surface area contributed by atoms with E-state index in [2.05, 4.69) is 21.2 Å². The number of carbonyl (C=O) groups excluding carboxylic acids is 2. The lowest BCUT2D eigenvalue weighted by Gasteiger charge is -2.35. The Hall–Kier alpha value is -1.52. The maximum absolute atomic E-state index is 13.1. The number of nitrogens with one attached hydrogen (secondary N) is 1. The number of benzene rings is 1. The molecule has 0 spiro atoms. The number of anilines is 2. The predicted octanol–water partition coefficient (Wildman–Crippen LogP) is 4.76. The first kappa shape index (κ1) is 23.8. The van der Waals surface area contributed by atoms with Crippen LogP contribution < -0.4 is 10.2 Å². The van der Waals surface area contributed by atoms with Crippen molar-refractivity contribution in [3.63, 3.8) is 0 Å². The highest BCUT2D eigenvalue weighted by atomic mass is 79.9. The van der Waals surface area contributed by atoms with E-state index in [1.54, 1.807) is 27.7 Å². The number of carbonyl (C=O) groups is 2. The third kappa shape index (κ3) is 4.80. The van der Waals surface area contributed by atoms with Gasteiger partial charge in [0, 0.05) is 23.1 Å². The number of amides is 1. The Kier molecular flexibility index (Phi) is 6.81. The second-order valence-electron chi connectivity index (χ2n) is 7.40. The molecule has 1 N–H and O–H groups in total. The van der Waals surface area contributed by atoms with Crippen LogP contribution in [0, 0.1) is 6.92 Å². The molecule has 0 aliphatic carbocycles. The molecule has 1 aromatic carbocycles. The summed E-state index contributed by atoms with van der Waals surface area (Å²) in [6.07, 6.45) is -6.39. The van der Waals surface area contributed by atoms with Crippen molar-refractivity contribution in [2.24, 2.45) is 0 Å². The van der Waals surface area contributed by atoms with E-state index in [9.17, 15) is 22.8 Å². The molecular formula is C18H21BrClF3N2O4. The zero-order valence-corrected chi connectivity index (χ0v) is 18.8. The Morgan fingerprint density at radius 3 is 2.34 bits per heavy atom. The van der Waals surface area contributed by atoms with Gasteiger partial charge in [-0.25, -0.2) is 4.79 Å². The van der Waals surface area contributed by atoms with E-state index in [-0.39, 0.29) is 35.1 Å². The summed E-state index contributed by atoms with van der Waals surface area (Å²) in [7, 11) is 1.17. The topological polar surface area (TPSA) is 67.9 Å². The zero-order chi connectivity index (χ0) is 22.3. The molecule has 11 heteroatoms. The third-order valence-corrected chi connectivity index (χ3v) is 5.55. The van der Waals surface area contributed by atoms with Crippen LogP contribution in [0.25, 0.3) is 0 Å². The lowest BCUT2D eigenvalue weighted by atomic mass is 9.98. The summed E-state index contributed by atoms with van der Waals surface area (Å²) in [6.45, 7) is 6.62. The number of hydrogen-bond acceptors (Lipinski definition) is 5. The highest BCUT2D eigenvalue weighted by Crippen LogP contribution is 2.49. The number of hydrogen-bond donors (Lipinski definition) is 1. The van der Waals surface area contributed by atoms with Crippen LogP contribution in [0.3, 0.4) is 0 Å². The minimum Gasteiger partial charge on any atom is -0.467 e. The standard InChI is InChI=1S/C18H21BrClF3N2O4/c1-8-9(14(15(26)28-5)29-17(2,3)4)11(20)13-12(10(8)19)24-6-7-25(13)16(27)18(21,22)23/h14,24H,6-7H2,1-5H3. The average molecular weight is 502 g/mol. The monoisotopic (exact) mass is 500 g/mol. The third-order valence-electron chi connectivity index (χ3n) is 4.18. The van der Waals surface area contributed by atoms with Crippen LogP contribution in [0.15, 0.2) is 4.47 Å². The van der Waals surface area contributed by atoms with Crippen molar-refractivity contribution in [2.45, 2.75) is 45.6 Å². The van der Waals surface area contributed by atoms with Crippen molar-refractivity contribution >= 4 is 50.8 Å². The molecule has 1 heterocycles. The number of esters is 1. The van der Waals surface area contributed by atoms with Gasteiger partial charge in [0.2, 0.25) is 0 Å². The number of methoxy groups -OCH3 is 1. The lowest BCUT2D eigenvalue weighted by molar-refractivity contribution is -0.170. The van der Waals surface area contributed by atoms with Gasteiger partial charge >= 0.3 is 18.1 Å². The first-order valence-corrected chi connectivity index (χ1v) is 9.77. The smallest absolute Gasteiger partial charge is 0.467 e. The van der Waals surface area contributed by atoms with Gasteiger partial charge in [-0.05, 0) is 49.2 Å². The molecule has 1 aromatic rings. The lowest BCUT2D eigenvalue weighted by Crippen LogP contribution is -2.46. The van der Waals surface area contributed by atoms with E-state index in [1.807, 2.05) is 0 Å². The number of nitrogens with zero attached hydrogens (tertiary/aromatic N) is 1. The van der Waals surface area contributed by atoms with Gasteiger partial charge in [0.25, 0.3) is 0 Å². The number of fused-ring (bicyclic) bond motifs is 1. The Morgan fingerprint density at radius 1 is 1.28 bits per heavy atom. The van der Waals surface area contributed by atoms with E-state index >= 15 is 0 Å². The molecule has 1 atom stereocenters. The molecule has 0 saturated heterocycles. The summed E-state index contributed by atoms with van der Waals surface area (Å²) < 4.78 is 50.4. The maximum Gasteiger partial charge on any atom is 0.471 e. The summed E-state index contributed by atoms with van der Waals surface area (Å²) in [4.78, 5) is 25.0. The highest BCUT2D eigenvalue weighted by Gasteiger charge is 2.46. The normalized spacial score (nSPS) is 15.4. The first-order chi connectivity index (χ1) is 13.2. The van der Waals surface area contributed by atoms with Crippen LogP contribution in [0.5, 0.6) is 0 Å². The van der Waals surface area contributed by atoms with Crippen molar-refractivity contribution in [1.82, 2.24) is 0 Å². The summed E-state index contributed by atoms with van der Waals surface area (Å²) in [5.41, 5.74) is -0.125. The Morgan fingerprint density at radius 2 is 1.86 bits per heavy atom. The molecule has 2 rings (SSSR count). The van der Waals surface area contributed by atoms with Crippen molar-refractivity contribution in [3.05, 3.63) is 20.6 Å². The molecule has 1 amide bonds. The minimum atomic E-state index is -5.08. The molecule has 162 valence electrons. The van der Waals surface area contributed by atoms with Crippen LogP contribution in [-0.4, -0.2) is 43.9 Å². The molecule has 29 heavy (non-hydrogen) atoms. The number of rotatable bonds is 3. The minimum absolute atomic E-state index is 0.0987. The fourth-order valence-electron chi connectivity index (χ4n) is 2.98. The van der Waals surface area contributed by atoms with Crippen LogP contribution in [0.4, 0.5) is 24.5 Å². The summed E-state index contributed by atoms with van der Waals surface area (Å²) in [6, 6.07) is 0. The van der Waals surface area contributed by atoms with Gasteiger partial charge in [0.15, 0.2) is 6.10 Å². The number of halogens is 5. The van der Waals surface area contributed by atoms with Gasteiger partial charge in [-0.1, -0.05) is 11.6 Å². The summed E-state index contributed by atoms with van der Waals surface area (Å²) in [5.74, 6) is -2.82. The SMILES string of the molecule is COC(=O)C(OC(C)(C)C)c1c(C)c(Br)c2c(c1Cl)N(C(=O)C(F)(F)F)CCN2. The van der Waals surface area contributed by atoms with E-state index in [4.69, 9.17) is 21.1 Å². The van der Waals surface area contributed by atoms with Crippen molar-refractivity contribution < 1.29 is 32.2 Å². The highest BCUT2D eigenvalue weighted by molar-refractivity contribution is 9.10. The molecule has 0 fully saturated rings. The van der Waals surface area contributed by atoms with Gasteiger partial charge in [-0.2, -0.15) is 13.2 Å². The summed E-state index contributed by atoms with van der Waals surface area (Å²) in [5, 5.41) is 2.77. The van der Waals surface area contributed by atoms with E-state index in [0.717, 1.165) is 0 Å². The molecule has 0 saturated carbocycles. The second-order valence-corrected chi connectivity index (χ2v) is 8.58. The largest absolute Gasteiger partial charge is 0.471 e. The van der Waals surface area contributed by atoms with Crippen LogP contribution >= 0.6 is 27.5 Å². The van der Waals surface area contributed by atoms with Gasteiger partial charge in [0.05, 0.1) is 29.1 Å². The fraction of sp³-hybridized carbons (Fsp3) is 0.556. The van der Waals surface area contributed by atoms with Gasteiger partial charge in [-0.3, -0.25) is 9.69 Å². The first-order valence-electron chi connectivity index (χ1n) is 8.60. The Balaban J connectivity index is 2.77. The Bertz CT molecular complexity index is 840. The van der Waals surface area contributed by atoms with Crippen molar-refractivity contribution in [3.8, 4) is 0 Å². The van der Waals surface area contributed by atoms with E-state index < -0.39 is 29.8 Å². The molecule has 0 aromatic heterocycles. The summed E-state index contributed by atoms with van der Waals surface area (Å²) >= 11 is 9.86.